The predicted molar refractivity (Wildman–Crippen MR) is 75.4 cm³/mol. The smallest absolute Gasteiger partial charge is 0.237 e. The van der Waals surface area contributed by atoms with Gasteiger partial charge in [-0.2, -0.15) is 0 Å². The molecule has 0 aromatic rings. The molecule has 1 aliphatic rings. The number of hydrogen-bond acceptors (Lipinski definition) is 3. The van der Waals surface area contributed by atoms with Gasteiger partial charge >= 0.3 is 0 Å². The summed E-state index contributed by atoms with van der Waals surface area (Å²) in [5, 5.41) is 3.18. The zero-order chi connectivity index (χ0) is 13.4. The van der Waals surface area contributed by atoms with Gasteiger partial charge in [0.05, 0.1) is 6.04 Å². The molecule has 1 atom stereocenters. The van der Waals surface area contributed by atoms with Crippen molar-refractivity contribution in [2.45, 2.75) is 64.5 Å². The van der Waals surface area contributed by atoms with Crippen LogP contribution in [0.5, 0.6) is 0 Å². The fourth-order valence-electron chi connectivity index (χ4n) is 2.64. The highest BCUT2D eigenvalue weighted by Gasteiger charge is 2.24. The van der Waals surface area contributed by atoms with Crippen LogP contribution < -0.4 is 11.1 Å². The van der Waals surface area contributed by atoms with Gasteiger partial charge in [-0.15, -0.1) is 0 Å². The molecule has 0 saturated heterocycles. The maximum Gasteiger partial charge on any atom is 0.237 e. The fourth-order valence-corrected chi connectivity index (χ4v) is 2.64. The summed E-state index contributed by atoms with van der Waals surface area (Å²) in [6.07, 6.45) is 6.84. The van der Waals surface area contributed by atoms with E-state index < -0.39 is 0 Å². The third-order valence-corrected chi connectivity index (χ3v) is 3.79. The van der Waals surface area contributed by atoms with Crippen LogP contribution in [-0.2, 0) is 4.79 Å². The number of amides is 1. The van der Waals surface area contributed by atoms with Gasteiger partial charge in [-0.1, -0.05) is 19.8 Å². The van der Waals surface area contributed by atoms with Crippen molar-refractivity contribution in [1.29, 1.82) is 0 Å². The molecule has 0 heterocycles. The molecule has 1 unspecified atom stereocenters. The summed E-state index contributed by atoms with van der Waals surface area (Å²) >= 11 is 0. The molecule has 0 aliphatic heterocycles. The molecule has 1 aliphatic carbocycles. The molecule has 0 radical (unpaired) electrons. The van der Waals surface area contributed by atoms with Gasteiger partial charge in [0.1, 0.15) is 0 Å². The third kappa shape index (κ3) is 4.94. The average Bonchev–Trinajstić information content (AvgIpc) is 2.86. The van der Waals surface area contributed by atoms with Gasteiger partial charge in [-0.3, -0.25) is 9.69 Å². The van der Waals surface area contributed by atoms with E-state index in [2.05, 4.69) is 17.1 Å². The molecular formula is C14H29N3O. The van der Waals surface area contributed by atoms with Gasteiger partial charge in [0.25, 0.3) is 0 Å². The molecule has 1 amide bonds. The van der Waals surface area contributed by atoms with E-state index in [4.69, 9.17) is 5.73 Å². The van der Waals surface area contributed by atoms with Gasteiger partial charge in [-0.05, 0) is 45.7 Å². The summed E-state index contributed by atoms with van der Waals surface area (Å²) in [5.74, 6) is 0.187. The highest BCUT2D eigenvalue weighted by Crippen LogP contribution is 2.18. The minimum absolute atomic E-state index is 0.0305. The Labute approximate surface area is 111 Å². The van der Waals surface area contributed by atoms with Crippen LogP contribution in [0.25, 0.3) is 0 Å². The Morgan fingerprint density at radius 1 is 1.39 bits per heavy atom. The molecule has 0 aromatic heterocycles. The number of nitrogens with zero attached hydrogens (tertiary/aromatic N) is 1. The number of rotatable bonds is 8. The van der Waals surface area contributed by atoms with Gasteiger partial charge < -0.3 is 11.1 Å². The van der Waals surface area contributed by atoms with Crippen LogP contribution in [0.3, 0.4) is 0 Å². The maximum absolute atomic E-state index is 12.2. The van der Waals surface area contributed by atoms with E-state index in [0.717, 1.165) is 38.8 Å². The second-order valence-corrected chi connectivity index (χ2v) is 5.34. The molecule has 4 heteroatoms. The minimum atomic E-state index is -0.0305. The molecule has 0 bridgehead atoms. The lowest BCUT2D eigenvalue weighted by atomic mass is 10.2. The van der Waals surface area contributed by atoms with Gasteiger partial charge in [0, 0.05) is 12.6 Å². The Morgan fingerprint density at radius 3 is 2.61 bits per heavy atom. The summed E-state index contributed by atoms with van der Waals surface area (Å²) in [7, 11) is 0. The topological polar surface area (TPSA) is 58.4 Å². The number of carbonyl (C=O) groups is 1. The van der Waals surface area contributed by atoms with Crippen molar-refractivity contribution in [3.05, 3.63) is 0 Å². The monoisotopic (exact) mass is 255 g/mol. The SMILES string of the molecule is CCCN(CCCN)C(C)C(=O)NC1CCCC1. The largest absolute Gasteiger partial charge is 0.352 e. The van der Waals surface area contributed by atoms with Crippen molar-refractivity contribution in [3.63, 3.8) is 0 Å². The Hall–Kier alpha value is -0.610. The Balaban J connectivity index is 2.41. The fraction of sp³-hybridized carbons (Fsp3) is 0.929. The first kappa shape index (κ1) is 15.4. The van der Waals surface area contributed by atoms with E-state index in [-0.39, 0.29) is 11.9 Å². The normalized spacial score (nSPS) is 18.2. The van der Waals surface area contributed by atoms with Crippen molar-refractivity contribution in [2.24, 2.45) is 5.73 Å². The minimum Gasteiger partial charge on any atom is -0.352 e. The Morgan fingerprint density at radius 2 is 2.06 bits per heavy atom. The van der Waals surface area contributed by atoms with Crippen LogP contribution in [0.15, 0.2) is 0 Å². The molecule has 106 valence electrons. The van der Waals surface area contributed by atoms with Gasteiger partial charge in [-0.25, -0.2) is 0 Å². The number of carbonyl (C=O) groups excluding carboxylic acids is 1. The summed E-state index contributed by atoms with van der Waals surface area (Å²) in [6, 6.07) is 0.384. The highest BCUT2D eigenvalue weighted by atomic mass is 16.2. The van der Waals surface area contributed by atoms with Gasteiger partial charge in [0.15, 0.2) is 0 Å². The first-order chi connectivity index (χ1) is 8.69. The molecule has 18 heavy (non-hydrogen) atoms. The Kier molecular flexibility index (Phi) is 7.28. The molecule has 1 fully saturated rings. The number of nitrogens with one attached hydrogen (secondary N) is 1. The van der Waals surface area contributed by atoms with Crippen molar-refractivity contribution in [2.75, 3.05) is 19.6 Å². The van der Waals surface area contributed by atoms with Crippen molar-refractivity contribution >= 4 is 5.91 Å². The first-order valence-electron chi connectivity index (χ1n) is 7.43. The molecule has 4 nitrogen and oxygen atoms in total. The predicted octanol–water partition coefficient (Wildman–Crippen LogP) is 1.49. The van der Waals surface area contributed by atoms with E-state index in [0.29, 0.717) is 12.6 Å². The zero-order valence-corrected chi connectivity index (χ0v) is 12.0. The molecular weight excluding hydrogens is 226 g/mol. The number of nitrogens with two attached hydrogens (primary N) is 1. The molecule has 0 aromatic carbocycles. The molecule has 0 spiro atoms. The summed E-state index contributed by atoms with van der Waals surface area (Å²) in [4.78, 5) is 14.4. The molecule has 1 rings (SSSR count). The van der Waals surface area contributed by atoms with Crippen molar-refractivity contribution in [3.8, 4) is 0 Å². The van der Waals surface area contributed by atoms with Crippen LogP contribution in [0.4, 0.5) is 0 Å². The van der Waals surface area contributed by atoms with E-state index in [1.807, 2.05) is 6.92 Å². The lowest BCUT2D eigenvalue weighted by molar-refractivity contribution is -0.126. The van der Waals surface area contributed by atoms with E-state index >= 15 is 0 Å². The number of hydrogen-bond donors (Lipinski definition) is 2. The maximum atomic E-state index is 12.2. The van der Waals surface area contributed by atoms with Crippen LogP contribution in [0, 0.1) is 0 Å². The van der Waals surface area contributed by atoms with Crippen LogP contribution >= 0.6 is 0 Å². The third-order valence-electron chi connectivity index (χ3n) is 3.79. The lowest BCUT2D eigenvalue weighted by Gasteiger charge is -2.28. The molecule has 1 saturated carbocycles. The van der Waals surface area contributed by atoms with Crippen molar-refractivity contribution in [1.82, 2.24) is 10.2 Å². The first-order valence-corrected chi connectivity index (χ1v) is 7.43. The van der Waals surface area contributed by atoms with Crippen LogP contribution in [0.1, 0.15) is 52.4 Å². The Bertz CT molecular complexity index is 239. The summed E-state index contributed by atoms with van der Waals surface area (Å²) < 4.78 is 0. The summed E-state index contributed by atoms with van der Waals surface area (Å²) in [5.41, 5.74) is 5.55. The standard InChI is InChI=1S/C14H29N3O/c1-3-10-17(11-6-9-15)12(2)14(18)16-13-7-4-5-8-13/h12-13H,3-11,15H2,1-2H3,(H,16,18). The quantitative estimate of drug-likeness (QED) is 0.691. The second kappa shape index (κ2) is 8.48. The van der Waals surface area contributed by atoms with E-state index in [1.165, 1.54) is 12.8 Å². The summed E-state index contributed by atoms with van der Waals surface area (Å²) in [6.45, 7) is 6.74. The highest BCUT2D eigenvalue weighted by molar-refractivity contribution is 5.81. The van der Waals surface area contributed by atoms with Crippen molar-refractivity contribution < 1.29 is 4.79 Å². The second-order valence-electron chi connectivity index (χ2n) is 5.34. The average molecular weight is 255 g/mol. The zero-order valence-electron chi connectivity index (χ0n) is 12.0. The van der Waals surface area contributed by atoms with E-state index in [9.17, 15) is 4.79 Å². The van der Waals surface area contributed by atoms with Gasteiger partial charge in [0.2, 0.25) is 5.91 Å². The lowest BCUT2D eigenvalue weighted by Crippen LogP contribution is -2.48. The molecule has 3 N–H and O–H groups in total. The van der Waals surface area contributed by atoms with Crippen LogP contribution in [-0.4, -0.2) is 42.5 Å². The van der Waals surface area contributed by atoms with E-state index in [1.54, 1.807) is 0 Å². The van der Waals surface area contributed by atoms with Crippen LogP contribution in [0.2, 0.25) is 0 Å².